The Bertz CT molecular complexity index is 290. The number of carbonyl (C=O) groups is 2. The first kappa shape index (κ1) is 14.8. The van der Waals surface area contributed by atoms with Gasteiger partial charge < -0.3 is 15.7 Å². The van der Waals surface area contributed by atoms with Gasteiger partial charge in [0.2, 0.25) is 0 Å². The molecule has 0 aliphatic carbocycles. The Morgan fingerprint density at radius 3 is 2.44 bits per heavy atom. The van der Waals surface area contributed by atoms with Gasteiger partial charge in [0, 0.05) is 17.0 Å². The molecule has 0 radical (unpaired) electrons. The van der Waals surface area contributed by atoms with Gasteiger partial charge in [-0.2, -0.15) is 0 Å². The van der Waals surface area contributed by atoms with Gasteiger partial charge in [0.05, 0.1) is 6.54 Å². The summed E-state index contributed by atoms with van der Waals surface area (Å²) in [6.07, 6.45) is 0.368. The normalized spacial score (nSPS) is 10.7. The third-order valence-electron chi connectivity index (χ3n) is 1.86. The number of carbonyl (C=O) groups excluding carboxylic acids is 1. The van der Waals surface area contributed by atoms with Crippen LogP contribution in [0.15, 0.2) is 11.6 Å². The third kappa shape index (κ3) is 8.11. The molecule has 0 unspecified atom stereocenters. The minimum atomic E-state index is -0.885. The SMILES string of the molecule is C=C(Cl)CNC(=O)NC(C)(C)CCC(=O)O. The second-order valence-corrected chi connectivity index (χ2v) is 4.64. The van der Waals surface area contributed by atoms with E-state index < -0.39 is 17.5 Å². The zero-order chi connectivity index (χ0) is 12.8. The molecular weight excluding hydrogens is 232 g/mol. The van der Waals surface area contributed by atoms with Crippen LogP contribution in [-0.4, -0.2) is 29.2 Å². The van der Waals surface area contributed by atoms with Crippen LogP contribution in [0.5, 0.6) is 0 Å². The summed E-state index contributed by atoms with van der Waals surface area (Å²) in [6, 6.07) is -0.391. The standard InChI is InChI=1S/C10H17ClN2O3/c1-7(11)6-12-9(16)13-10(2,3)5-4-8(14)15/h1,4-6H2,2-3H3,(H,14,15)(H2,12,13,16). The summed E-state index contributed by atoms with van der Waals surface area (Å²) in [6.45, 7) is 7.12. The van der Waals surface area contributed by atoms with Crippen LogP contribution >= 0.6 is 11.6 Å². The van der Waals surface area contributed by atoms with Crippen molar-refractivity contribution in [2.75, 3.05) is 6.54 Å². The molecule has 0 spiro atoms. The molecule has 0 saturated carbocycles. The Morgan fingerprint density at radius 2 is 2.00 bits per heavy atom. The average molecular weight is 249 g/mol. The molecule has 2 amide bonds. The highest BCUT2D eigenvalue weighted by atomic mass is 35.5. The quantitative estimate of drug-likeness (QED) is 0.669. The van der Waals surface area contributed by atoms with E-state index in [-0.39, 0.29) is 13.0 Å². The molecule has 5 nitrogen and oxygen atoms in total. The zero-order valence-corrected chi connectivity index (χ0v) is 10.2. The highest BCUT2D eigenvalue weighted by Crippen LogP contribution is 2.10. The van der Waals surface area contributed by atoms with Crippen LogP contribution < -0.4 is 10.6 Å². The van der Waals surface area contributed by atoms with Crippen LogP contribution in [-0.2, 0) is 4.79 Å². The molecular formula is C10H17ClN2O3. The largest absolute Gasteiger partial charge is 0.481 e. The summed E-state index contributed by atoms with van der Waals surface area (Å²) >= 11 is 5.48. The lowest BCUT2D eigenvalue weighted by Crippen LogP contribution is -2.48. The highest BCUT2D eigenvalue weighted by molar-refractivity contribution is 6.29. The van der Waals surface area contributed by atoms with Crippen LogP contribution in [0.4, 0.5) is 4.79 Å². The van der Waals surface area contributed by atoms with E-state index in [1.807, 2.05) is 0 Å². The Balaban J connectivity index is 3.99. The molecule has 0 aromatic heterocycles. The van der Waals surface area contributed by atoms with Gasteiger partial charge in [0.15, 0.2) is 0 Å². The number of halogens is 1. The molecule has 3 N–H and O–H groups in total. The molecule has 16 heavy (non-hydrogen) atoms. The molecule has 0 fully saturated rings. The molecule has 0 aromatic rings. The first-order chi connectivity index (χ1) is 7.23. The van der Waals surface area contributed by atoms with E-state index in [1.54, 1.807) is 13.8 Å². The van der Waals surface area contributed by atoms with Crippen molar-refractivity contribution in [3.8, 4) is 0 Å². The van der Waals surface area contributed by atoms with Crippen molar-refractivity contribution in [2.24, 2.45) is 0 Å². The maximum absolute atomic E-state index is 11.3. The maximum Gasteiger partial charge on any atom is 0.315 e. The predicted octanol–water partition coefficient (Wildman–Crippen LogP) is 1.68. The van der Waals surface area contributed by atoms with Crippen molar-refractivity contribution >= 4 is 23.6 Å². The Morgan fingerprint density at radius 1 is 1.44 bits per heavy atom. The van der Waals surface area contributed by atoms with E-state index in [2.05, 4.69) is 17.2 Å². The van der Waals surface area contributed by atoms with Gasteiger partial charge in [-0.05, 0) is 20.3 Å². The molecule has 0 bridgehead atoms. The van der Waals surface area contributed by atoms with Crippen molar-refractivity contribution in [2.45, 2.75) is 32.2 Å². The second-order valence-electron chi connectivity index (χ2n) is 4.10. The molecule has 0 aliphatic heterocycles. The van der Waals surface area contributed by atoms with Crippen LogP contribution in [0.2, 0.25) is 0 Å². The third-order valence-corrected chi connectivity index (χ3v) is 1.99. The maximum atomic E-state index is 11.3. The van der Waals surface area contributed by atoms with Crippen molar-refractivity contribution in [3.05, 3.63) is 11.6 Å². The Kier molecular flexibility index (Phi) is 5.88. The number of amides is 2. The van der Waals surface area contributed by atoms with E-state index in [4.69, 9.17) is 16.7 Å². The van der Waals surface area contributed by atoms with Crippen LogP contribution in [0.3, 0.4) is 0 Å². The van der Waals surface area contributed by atoms with E-state index in [9.17, 15) is 9.59 Å². The number of hydrogen-bond acceptors (Lipinski definition) is 2. The number of carboxylic acid groups (broad SMARTS) is 1. The van der Waals surface area contributed by atoms with Gasteiger partial charge in [-0.3, -0.25) is 4.79 Å². The highest BCUT2D eigenvalue weighted by Gasteiger charge is 2.21. The topological polar surface area (TPSA) is 78.4 Å². The van der Waals surface area contributed by atoms with Crippen molar-refractivity contribution in [1.82, 2.24) is 10.6 Å². The van der Waals surface area contributed by atoms with Crippen LogP contribution in [0.1, 0.15) is 26.7 Å². The van der Waals surface area contributed by atoms with E-state index in [0.29, 0.717) is 11.5 Å². The van der Waals surface area contributed by atoms with Gasteiger partial charge in [0.1, 0.15) is 0 Å². The summed E-state index contributed by atoms with van der Waals surface area (Å²) in [5.74, 6) is -0.885. The minimum Gasteiger partial charge on any atom is -0.481 e. The number of urea groups is 1. The number of nitrogens with one attached hydrogen (secondary N) is 2. The Labute approximate surface area is 99.9 Å². The van der Waals surface area contributed by atoms with Crippen molar-refractivity contribution in [3.63, 3.8) is 0 Å². The molecule has 0 atom stereocenters. The summed E-state index contributed by atoms with van der Waals surface area (Å²) < 4.78 is 0. The number of rotatable bonds is 6. The fourth-order valence-corrected chi connectivity index (χ4v) is 1.08. The summed E-state index contributed by atoms with van der Waals surface area (Å²) in [5, 5.41) is 14.0. The number of aliphatic carboxylic acids is 1. The monoisotopic (exact) mass is 248 g/mol. The van der Waals surface area contributed by atoms with Gasteiger partial charge in [0.25, 0.3) is 0 Å². The summed E-state index contributed by atoms with van der Waals surface area (Å²) in [4.78, 5) is 21.7. The van der Waals surface area contributed by atoms with E-state index in [0.717, 1.165) is 0 Å². The predicted molar refractivity (Wildman–Crippen MR) is 62.5 cm³/mol. The molecule has 0 heterocycles. The van der Waals surface area contributed by atoms with Gasteiger partial charge in [-0.1, -0.05) is 18.2 Å². The lowest BCUT2D eigenvalue weighted by molar-refractivity contribution is -0.137. The Hall–Kier alpha value is -1.23. The molecule has 0 aromatic carbocycles. The van der Waals surface area contributed by atoms with Crippen LogP contribution in [0.25, 0.3) is 0 Å². The zero-order valence-electron chi connectivity index (χ0n) is 9.47. The molecule has 0 aliphatic rings. The number of carboxylic acids is 1. The first-order valence-corrected chi connectivity index (χ1v) is 5.22. The molecule has 0 saturated heterocycles. The van der Waals surface area contributed by atoms with Crippen molar-refractivity contribution < 1.29 is 14.7 Å². The van der Waals surface area contributed by atoms with Gasteiger partial charge in [-0.25, -0.2) is 4.79 Å². The molecule has 6 heteroatoms. The summed E-state index contributed by atoms with van der Waals surface area (Å²) in [5.41, 5.74) is -0.573. The fourth-order valence-electron chi connectivity index (χ4n) is 1.01. The molecule has 92 valence electrons. The van der Waals surface area contributed by atoms with E-state index in [1.165, 1.54) is 0 Å². The lowest BCUT2D eigenvalue weighted by atomic mass is 9.99. The molecule has 0 rings (SSSR count). The fraction of sp³-hybridized carbons (Fsp3) is 0.600. The lowest BCUT2D eigenvalue weighted by Gasteiger charge is -2.25. The second kappa shape index (κ2) is 6.37. The number of hydrogen-bond donors (Lipinski definition) is 3. The van der Waals surface area contributed by atoms with Crippen LogP contribution in [0, 0.1) is 0 Å². The summed E-state index contributed by atoms with van der Waals surface area (Å²) in [7, 11) is 0. The average Bonchev–Trinajstić information content (AvgIpc) is 2.11. The van der Waals surface area contributed by atoms with Gasteiger partial charge in [-0.15, -0.1) is 0 Å². The first-order valence-electron chi connectivity index (χ1n) is 4.84. The van der Waals surface area contributed by atoms with E-state index >= 15 is 0 Å². The van der Waals surface area contributed by atoms with Gasteiger partial charge >= 0.3 is 12.0 Å². The minimum absolute atomic E-state index is 0.00942. The smallest absolute Gasteiger partial charge is 0.315 e. The van der Waals surface area contributed by atoms with Crippen molar-refractivity contribution in [1.29, 1.82) is 0 Å².